The van der Waals surface area contributed by atoms with Crippen LogP contribution >= 0.6 is 23.2 Å². The van der Waals surface area contributed by atoms with Crippen molar-refractivity contribution in [1.29, 1.82) is 0 Å². The third-order valence-electron chi connectivity index (χ3n) is 4.28. The molecule has 0 atom stereocenters. The number of amides is 1. The molecule has 0 aliphatic heterocycles. The molecule has 0 aromatic heterocycles. The first-order valence-electron chi connectivity index (χ1n) is 8.98. The topological polar surface area (TPSA) is 66.5 Å². The van der Waals surface area contributed by atoms with E-state index in [1.54, 1.807) is 6.07 Å². The van der Waals surface area contributed by atoms with Crippen LogP contribution in [0.2, 0.25) is 10.0 Å². The van der Waals surface area contributed by atoms with Gasteiger partial charge in [0, 0.05) is 5.69 Å². The quantitative estimate of drug-likeness (QED) is 0.459. The lowest BCUT2D eigenvalue weighted by atomic mass is 10.2. The lowest BCUT2D eigenvalue weighted by Gasteiger charge is -2.25. The van der Waals surface area contributed by atoms with Crippen LogP contribution in [0.4, 0.5) is 24.5 Å². The van der Waals surface area contributed by atoms with E-state index in [0.29, 0.717) is 10.4 Å². The smallest absolute Gasteiger partial charge is 0.324 e. The van der Waals surface area contributed by atoms with Crippen LogP contribution < -0.4 is 9.62 Å². The number of sulfonamides is 1. The Labute approximate surface area is 192 Å². The summed E-state index contributed by atoms with van der Waals surface area (Å²) in [6, 6.07) is 15.1. The van der Waals surface area contributed by atoms with Crippen molar-refractivity contribution in [1.82, 2.24) is 0 Å². The number of nitrogens with zero attached hydrogens (tertiary/aromatic N) is 1. The number of hydrogen-bond acceptors (Lipinski definition) is 3. The number of halogens is 5. The van der Waals surface area contributed by atoms with Crippen LogP contribution in [0.15, 0.2) is 77.7 Å². The van der Waals surface area contributed by atoms with Gasteiger partial charge in [0.2, 0.25) is 5.91 Å². The SMILES string of the molecule is O=C(CN(c1cccc(C(F)(F)F)c1)S(=O)(=O)c1ccccc1)Nc1ccc(Cl)c(Cl)c1. The molecule has 0 heterocycles. The zero-order valence-corrected chi connectivity index (χ0v) is 18.4. The maximum Gasteiger partial charge on any atom is 0.416 e. The van der Waals surface area contributed by atoms with E-state index in [2.05, 4.69) is 5.32 Å². The van der Waals surface area contributed by atoms with Gasteiger partial charge in [0.15, 0.2) is 0 Å². The molecule has 3 aromatic carbocycles. The van der Waals surface area contributed by atoms with E-state index in [1.165, 1.54) is 48.5 Å². The number of nitrogens with one attached hydrogen (secondary N) is 1. The van der Waals surface area contributed by atoms with Gasteiger partial charge in [0.25, 0.3) is 10.0 Å². The van der Waals surface area contributed by atoms with Gasteiger partial charge in [-0.25, -0.2) is 8.42 Å². The number of carbonyl (C=O) groups is 1. The summed E-state index contributed by atoms with van der Waals surface area (Å²) in [5.41, 5.74) is -1.12. The van der Waals surface area contributed by atoms with Crippen LogP contribution in [0.5, 0.6) is 0 Å². The van der Waals surface area contributed by atoms with E-state index in [9.17, 15) is 26.4 Å². The summed E-state index contributed by atoms with van der Waals surface area (Å²) in [7, 11) is -4.36. The van der Waals surface area contributed by atoms with E-state index in [4.69, 9.17) is 23.2 Å². The van der Waals surface area contributed by atoms with Gasteiger partial charge < -0.3 is 5.32 Å². The van der Waals surface area contributed by atoms with E-state index in [0.717, 1.165) is 12.1 Å². The summed E-state index contributed by atoms with van der Waals surface area (Å²) >= 11 is 11.8. The van der Waals surface area contributed by atoms with Crippen LogP contribution in [0, 0.1) is 0 Å². The maximum atomic E-state index is 13.2. The molecule has 0 aliphatic rings. The summed E-state index contributed by atoms with van der Waals surface area (Å²) in [6.07, 6.45) is -4.69. The third-order valence-corrected chi connectivity index (χ3v) is 6.81. The van der Waals surface area contributed by atoms with Crippen molar-refractivity contribution in [3.63, 3.8) is 0 Å². The van der Waals surface area contributed by atoms with Gasteiger partial charge >= 0.3 is 6.18 Å². The first-order valence-corrected chi connectivity index (χ1v) is 11.2. The Morgan fingerprint density at radius 2 is 1.59 bits per heavy atom. The average Bonchev–Trinajstić information content (AvgIpc) is 2.74. The van der Waals surface area contributed by atoms with Crippen molar-refractivity contribution in [3.8, 4) is 0 Å². The van der Waals surface area contributed by atoms with Crippen molar-refractivity contribution < 1.29 is 26.4 Å². The van der Waals surface area contributed by atoms with Gasteiger partial charge in [0.1, 0.15) is 6.54 Å². The Bertz CT molecular complexity index is 1240. The molecular formula is C21H15Cl2F3N2O3S. The number of alkyl halides is 3. The lowest BCUT2D eigenvalue weighted by molar-refractivity contribution is -0.137. The van der Waals surface area contributed by atoms with Gasteiger partial charge in [-0.3, -0.25) is 9.10 Å². The van der Waals surface area contributed by atoms with Crippen molar-refractivity contribution in [2.45, 2.75) is 11.1 Å². The molecule has 0 unspecified atom stereocenters. The predicted molar refractivity (Wildman–Crippen MR) is 118 cm³/mol. The highest BCUT2D eigenvalue weighted by atomic mass is 35.5. The standard InChI is InChI=1S/C21H15Cl2F3N2O3S/c22-18-10-9-15(12-19(18)23)27-20(29)13-28(32(30,31)17-7-2-1-3-8-17)16-6-4-5-14(11-16)21(24,25)26/h1-12H,13H2,(H,27,29). The first kappa shape index (κ1) is 23.9. The molecule has 168 valence electrons. The van der Waals surface area contributed by atoms with Crippen LogP contribution in [0.25, 0.3) is 0 Å². The second-order valence-corrected chi connectivity index (χ2v) is 9.23. The van der Waals surface area contributed by atoms with Crippen LogP contribution in [0.3, 0.4) is 0 Å². The van der Waals surface area contributed by atoms with Crippen molar-refractivity contribution in [3.05, 3.63) is 88.4 Å². The van der Waals surface area contributed by atoms with Gasteiger partial charge in [0.05, 0.1) is 26.2 Å². The number of hydrogen-bond donors (Lipinski definition) is 1. The zero-order chi connectivity index (χ0) is 23.5. The fourth-order valence-corrected chi connectivity index (χ4v) is 4.51. The molecule has 5 nitrogen and oxygen atoms in total. The summed E-state index contributed by atoms with van der Waals surface area (Å²) in [6.45, 7) is -0.779. The normalized spacial score (nSPS) is 11.8. The van der Waals surface area contributed by atoms with Gasteiger partial charge in [-0.1, -0.05) is 47.5 Å². The fourth-order valence-electron chi connectivity index (χ4n) is 2.78. The minimum Gasteiger partial charge on any atom is -0.324 e. The number of rotatable bonds is 6. The minimum absolute atomic E-state index is 0.163. The highest BCUT2D eigenvalue weighted by molar-refractivity contribution is 7.92. The highest BCUT2D eigenvalue weighted by Gasteiger charge is 2.33. The minimum atomic E-state index is -4.69. The predicted octanol–water partition coefficient (Wildman–Crippen LogP) is 5.85. The highest BCUT2D eigenvalue weighted by Crippen LogP contribution is 2.33. The molecule has 1 N–H and O–H groups in total. The second kappa shape index (κ2) is 9.40. The number of carbonyl (C=O) groups excluding carboxylic acids is 1. The molecule has 0 saturated carbocycles. The summed E-state index contributed by atoms with van der Waals surface area (Å²) < 4.78 is 66.6. The first-order chi connectivity index (χ1) is 15.0. The summed E-state index contributed by atoms with van der Waals surface area (Å²) in [4.78, 5) is 12.5. The molecule has 0 fully saturated rings. The molecule has 3 rings (SSSR count). The molecule has 0 radical (unpaired) electrons. The largest absolute Gasteiger partial charge is 0.416 e. The molecular weight excluding hydrogens is 488 g/mol. The Morgan fingerprint density at radius 1 is 0.906 bits per heavy atom. The molecule has 0 bridgehead atoms. The Kier molecular flexibility index (Phi) is 7.02. The Hall–Kier alpha value is -2.75. The summed E-state index contributed by atoms with van der Waals surface area (Å²) in [5.74, 6) is -0.791. The molecule has 3 aromatic rings. The van der Waals surface area contributed by atoms with Crippen LogP contribution in [0.1, 0.15) is 5.56 Å². The Balaban J connectivity index is 1.99. The lowest BCUT2D eigenvalue weighted by Crippen LogP contribution is -2.38. The molecule has 0 spiro atoms. The molecule has 0 aliphatic carbocycles. The summed E-state index contributed by atoms with van der Waals surface area (Å²) in [5, 5.41) is 2.88. The molecule has 32 heavy (non-hydrogen) atoms. The average molecular weight is 503 g/mol. The molecule has 1 amide bonds. The van der Waals surface area contributed by atoms with Gasteiger partial charge in [-0.15, -0.1) is 0 Å². The van der Waals surface area contributed by atoms with E-state index < -0.39 is 34.2 Å². The monoisotopic (exact) mass is 502 g/mol. The van der Waals surface area contributed by atoms with Crippen molar-refractivity contribution >= 4 is 50.5 Å². The zero-order valence-electron chi connectivity index (χ0n) is 16.1. The van der Waals surface area contributed by atoms with E-state index >= 15 is 0 Å². The number of anilines is 2. The number of benzene rings is 3. The fraction of sp³-hybridized carbons (Fsp3) is 0.0952. The van der Waals surface area contributed by atoms with Gasteiger partial charge in [-0.2, -0.15) is 13.2 Å². The molecule has 11 heteroatoms. The van der Waals surface area contributed by atoms with Crippen LogP contribution in [-0.4, -0.2) is 20.9 Å². The van der Waals surface area contributed by atoms with E-state index in [-0.39, 0.29) is 26.3 Å². The van der Waals surface area contributed by atoms with Gasteiger partial charge in [-0.05, 0) is 48.5 Å². The Morgan fingerprint density at radius 3 is 2.22 bits per heavy atom. The van der Waals surface area contributed by atoms with Crippen molar-refractivity contribution in [2.75, 3.05) is 16.2 Å². The second-order valence-electron chi connectivity index (χ2n) is 6.55. The molecule has 0 saturated heterocycles. The maximum absolute atomic E-state index is 13.2. The van der Waals surface area contributed by atoms with E-state index in [1.807, 2.05) is 0 Å². The van der Waals surface area contributed by atoms with Crippen molar-refractivity contribution in [2.24, 2.45) is 0 Å². The third kappa shape index (κ3) is 5.53. The van der Waals surface area contributed by atoms with Crippen LogP contribution in [-0.2, 0) is 21.0 Å².